The first kappa shape index (κ1) is 12.8. The minimum Gasteiger partial charge on any atom is -0.280 e. The predicted octanol–water partition coefficient (Wildman–Crippen LogP) is 0.310. The minimum atomic E-state index is -0.560. The summed E-state index contributed by atoms with van der Waals surface area (Å²) in [6.07, 6.45) is 2.77. The van der Waals surface area contributed by atoms with Gasteiger partial charge in [0, 0.05) is 18.1 Å². The second-order valence-electron chi connectivity index (χ2n) is 4.24. The molecule has 0 radical (unpaired) electrons. The van der Waals surface area contributed by atoms with Crippen molar-refractivity contribution in [2.24, 2.45) is 0 Å². The van der Waals surface area contributed by atoms with Gasteiger partial charge in [0.1, 0.15) is 12.4 Å². The van der Waals surface area contributed by atoms with Crippen molar-refractivity contribution in [2.75, 3.05) is 0 Å². The third-order valence-electron chi connectivity index (χ3n) is 2.97. The van der Waals surface area contributed by atoms with Crippen LogP contribution in [0, 0.1) is 17.1 Å². The quantitative estimate of drug-likeness (QED) is 0.678. The molecule has 21 heavy (non-hydrogen) atoms. The van der Waals surface area contributed by atoms with Crippen LogP contribution in [0.5, 0.6) is 0 Å². The molecule has 2 heterocycles. The fraction of sp³-hybridized carbons (Fsp3) is 0.0769. The van der Waals surface area contributed by atoms with E-state index in [1.165, 1.54) is 41.2 Å². The molecular weight excluding hydrogens is 277 g/mol. The molecule has 0 unspecified atom stereocenters. The van der Waals surface area contributed by atoms with Crippen molar-refractivity contribution in [1.82, 2.24) is 18.7 Å². The maximum absolute atomic E-state index is 12.9. The highest BCUT2D eigenvalue weighted by atomic mass is 19.1. The molecule has 0 N–H and O–H groups in total. The first-order chi connectivity index (χ1) is 10.1. The minimum absolute atomic E-state index is 0.0953. The molecule has 3 aromatic rings. The summed E-state index contributed by atoms with van der Waals surface area (Å²) in [5, 5.41) is 12.5. The van der Waals surface area contributed by atoms with Gasteiger partial charge in [-0.2, -0.15) is 9.94 Å². The van der Waals surface area contributed by atoms with Gasteiger partial charge in [0.25, 0.3) is 0 Å². The largest absolute Gasteiger partial charge is 0.351 e. The average Bonchev–Trinajstić information content (AvgIpc) is 2.79. The van der Waals surface area contributed by atoms with Gasteiger partial charge >= 0.3 is 11.2 Å². The van der Waals surface area contributed by atoms with Crippen molar-refractivity contribution >= 4 is 5.65 Å². The van der Waals surface area contributed by atoms with Crippen LogP contribution in [0.3, 0.4) is 0 Å². The van der Waals surface area contributed by atoms with E-state index >= 15 is 0 Å². The van der Waals surface area contributed by atoms with Gasteiger partial charge < -0.3 is 0 Å². The predicted molar refractivity (Wildman–Crippen MR) is 70.6 cm³/mol. The van der Waals surface area contributed by atoms with Crippen LogP contribution in [-0.4, -0.2) is 18.7 Å². The Hall–Kier alpha value is -3.21. The lowest BCUT2D eigenvalue weighted by molar-refractivity contribution is 0.627. The van der Waals surface area contributed by atoms with Gasteiger partial charge in [0.05, 0.1) is 6.07 Å². The number of aromatic nitrogens is 4. The molecule has 0 spiro atoms. The van der Waals surface area contributed by atoms with E-state index in [0.29, 0.717) is 5.69 Å². The molecule has 104 valence electrons. The SMILES string of the molecule is N#CCn1nc2c(=O)n(-c3ccc(F)cc3)ccn2c1=O. The Kier molecular flexibility index (Phi) is 2.88. The standard InChI is InChI=1S/C13H8FN5O2/c14-9-1-3-10(4-2-9)17-7-8-18-11(12(17)20)16-19(6-5-15)13(18)21/h1-4,7-8H,6H2. The first-order valence-electron chi connectivity index (χ1n) is 5.95. The zero-order chi connectivity index (χ0) is 15.0. The Labute approximate surface area is 116 Å². The van der Waals surface area contributed by atoms with E-state index in [2.05, 4.69) is 5.10 Å². The Morgan fingerprint density at radius 2 is 1.90 bits per heavy atom. The second kappa shape index (κ2) is 4.72. The topological polar surface area (TPSA) is 85.1 Å². The van der Waals surface area contributed by atoms with Gasteiger partial charge in [-0.15, -0.1) is 5.10 Å². The maximum atomic E-state index is 12.9. The second-order valence-corrected chi connectivity index (χ2v) is 4.24. The van der Waals surface area contributed by atoms with E-state index in [9.17, 15) is 14.0 Å². The van der Waals surface area contributed by atoms with E-state index in [1.54, 1.807) is 6.07 Å². The number of halogens is 1. The zero-order valence-corrected chi connectivity index (χ0v) is 10.6. The molecule has 0 aliphatic rings. The Balaban J connectivity index is 2.26. The molecule has 0 aliphatic heterocycles. The normalized spacial score (nSPS) is 10.7. The van der Waals surface area contributed by atoms with Crippen molar-refractivity contribution in [2.45, 2.75) is 6.54 Å². The first-order valence-corrected chi connectivity index (χ1v) is 5.95. The molecule has 0 fully saturated rings. The number of hydrogen-bond donors (Lipinski definition) is 0. The van der Waals surface area contributed by atoms with Gasteiger partial charge in [0.2, 0.25) is 5.65 Å². The van der Waals surface area contributed by atoms with Crippen LogP contribution < -0.4 is 11.2 Å². The number of hydrogen-bond acceptors (Lipinski definition) is 4. The van der Waals surface area contributed by atoms with E-state index in [1.807, 2.05) is 0 Å². The van der Waals surface area contributed by atoms with Crippen molar-refractivity contribution < 1.29 is 4.39 Å². The number of rotatable bonds is 2. The maximum Gasteiger partial charge on any atom is 0.351 e. The molecule has 0 atom stereocenters. The van der Waals surface area contributed by atoms with E-state index in [4.69, 9.17) is 5.26 Å². The van der Waals surface area contributed by atoms with Crippen LogP contribution >= 0.6 is 0 Å². The molecule has 0 saturated heterocycles. The number of nitrogens with zero attached hydrogens (tertiary/aromatic N) is 5. The van der Waals surface area contributed by atoms with Gasteiger partial charge in [-0.25, -0.2) is 13.6 Å². The van der Waals surface area contributed by atoms with E-state index in [0.717, 1.165) is 9.08 Å². The Morgan fingerprint density at radius 1 is 1.19 bits per heavy atom. The summed E-state index contributed by atoms with van der Waals surface area (Å²) in [7, 11) is 0. The summed E-state index contributed by atoms with van der Waals surface area (Å²) >= 11 is 0. The Morgan fingerprint density at radius 3 is 2.57 bits per heavy atom. The van der Waals surface area contributed by atoms with Crippen LogP contribution in [0.2, 0.25) is 0 Å². The zero-order valence-electron chi connectivity index (χ0n) is 10.6. The van der Waals surface area contributed by atoms with E-state index in [-0.39, 0.29) is 12.2 Å². The third-order valence-corrected chi connectivity index (χ3v) is 2.97. The molecule has 0 saturated carbocycles. The molecule has 7 nitrogen and oxygen atoms in total. The third kappa shape index (κ3) is 2.01. The summed E-state index contributed by atoms with van der Waals surface area (Å²) in [6, 6.07) is 7.14. The molecule has 1 aromatic carbocycles. The number of benzene rings is 1. The highest BCUT2D eigenvalue weighted by Gasteiger charge is 2.12. The summed E-state index contributed by atoms with van der Waals surface area (Å²) in [6.45, 7) is -0.240. The van der Waals surface area contributed by atoms with Crippen molar-refractivity contribution in [3.63, 3.8) is 0 Å². The highest BCUT2D eigenvalue weighted by molar-refractivity contribution is 5.39. The fourth-order valence-electron chi connectivity index (χ4n) is 1.98. The Bertz CT molecular complexity index is 975. The van der Waals surface area contributed by atoms with Crippen LogP contribution in [0.1, 0.15) is 0 Å². The van der Waals surface area contributed by atoms with Gasteiger partial charge in [-0.05, 0) is 24.3 Å². The van der Waals surface area contributed by atoms with Gasteiger partial charge in [-0.1, -0.05) is 0 Å². The van der Waals surface area contributed by atoms with Gasteiger partial charge in [-0.3, -0.25) is 9.36 Å². The molecule has 0 aliphatic carbocycles. The molecular formula is C13H8FN5O2. The summed E-state index contributed by atoms with van der Waals surface area (Å²) in [5.41, 5.74) is -0.735. The summed E-state index contributed by atoms with van der Waals surface area (Å²) in [4.78, 5) is 24.2. The molecule has 0 amide bonds. The monoisotopic (exact) mass is 285 g/mol. The number of nitriles is 1. The fourth-order valence-corrected chi connectivity index (χ4v) is 1.98. The highest BCUT2D eigenvalue weighted by Crippen LogP contribution is 2.06. The molecule has 2 aromatic heterocycles. The van der Waals surface area contributed by atoms with Gasteiger partial charge in [0.15, 0.2) is 0 Å². The smallest absolute Gasteiger partial charge is 0.280 e. The lowest BCUT2D eigenvalue weighted by Crippen LogP contribution is -2.24. The van der Waals surface area contributed by atoms with Crippen molar-refractivity contribution in [1.29, 1.82) is 5.26 Å². The van der Waals surface area contributed by atoms with Crippen LogP contribution in [0.25, 0.3) is 11.3 Å². The summed E-state index contributed by atoms with van der Waals surface area (Å²) in [5.74, 6) is -0.414. The van der Waals surface area contributed by atoms with Crippen LogP contribution in [0.15, 0.2) is 46.2 Å². The van der Waals surface area contributed by atoms with E-state index < -0.39 is 17.1 Å². The van der Waals surface area contributed by atoms with Crippen LogP contribution in [-0.2, 0) is 6.54 Å². The van der Waals surface area contributed by atoms with Crippen molar-refractivity contribution in [3.05, 3.63) is 63.3 Å². The molecule has 8 heteroatoms. The number of fused-ring (bicyclic) bond motifs is 1. The van der Waals surface area contributed by atoms with Crippen LogP contribution in [0.4, 0.5) is 4.39 Å². The summed E-state index contributed by atoms with van der Waals surface area (Å²) < 4.78 is 16.1. The van der Waals surface area contributed by atoms with Crippen molar-refractivity contribution in [3.8, 4) is 11.8 Å². The lowest BCUT2D eigenvalue weighted by atomic mass is 10.3. The lowest BCUT2D eigenvalue weighted by Gasteiger charge is -2.04. The average molecular weight is 285 g/mol. The molecule has 3 rings (SSSR count). The molecule has 0 bridgehead atoms.